The highest BCUT2D eigenvalue weighted by Crippen LogP contribution is 2.52. The second kappa shape index (κ2) is 2.71. The molecule has 70 valence electrons. The monoisotopic (exact) mass is 194 g/mol. The molecule has 2 N–H and O–H groups in total. The Balaban J connectivity index is 1.87. The first-order chi connectivity index (χ1) is 6.33. The molecule has 3 rings (SSSR count). The largest absolute Gasteiger partial charge is 0.375 e. The average Bonchev–Trinajstić information content (AvgIpc) is 2.77. The molecule has 2 nitrogen and oxygen atoms in total. The minimum atomic E-state index is 0.734. The molecule has 0 spiro atoms. The lowest BCUT2D eigenvalue weighted by Gasteiger charge is -2.19. The summed E-state index contributed by atoms with van der Waals surface area (Å²) in [6, 6.07) is 0. The summed E-state index contributed by atoms with van der Waals surface area (Å²) in [5.41, 5.74) is 6.92. The number of nitrogens with zero attached hydrogens (tertiary/aromatic N) is 1. The minimum Gasteiger partial charge on any atom is -0.375 e. The van der Waals surface area contributed by atoms with Crippen molar-refractivity contribution < 1.29 is 0 Å². The number of nitrogens with two attached hydrogens (primary N) is 1. The molecule has 2 bridgehead atoms. The van der Waals surface area contributed by atoms with Gasteiger partial charge in [0.1, 0.15) is 0 Å². The fourth-order valence-electron chi connectivity index (χ4n) is 3.08. The topological polar surface area (TPSA) is 38.9 Å². The summed E-state index contributed by atoms with van der Waals surface area (Å²) >= 11 is 1.59. The van der Waals surface area contributed by atoms with Gasteiger partial charge in [-0.05, 0) is 31.1 Å². The van der Waals surface area contributed by atoms with Gasteiger partial charge >= 0.3 is 0 Å². The van der Waals surface area contributed by atoms with E-state index in [9.17, 15) is 0 Å². The summed E-state index contributed by atoms with van der Waals surface area (Å²) in [5.74, 6) is 2.66. The van der Waals surface area contributed by atoms with Crippen molar-refractivity contribution in [1.82, 2.24) is 4.98 Å². The number of anilines is 1. The van der Waals surface area contributed by atoms with Crippen LogP contribution in [0.3, 0.4) is 0 Å². The molecular formula is C10H14N2S. The van der Waals surface area contributed by atoms with Crippen molar-refractivity contribution in [2.24, 2.45) is 11.8 Å². The highest BCUT2D eigenvalue weighted by molar-refractivity contribution is 7.13. The molecule has 1 aromatic rings. The summed E-state index contributed by atoms with van der Waals surface area (Å²) in [7, 11) is 0. The zero-order valence-electron chi connectivity index (χ0n) is 7.57. The Bertz CT molecular complexity index is 320. The molecule has 3 heteroatoms. The summed E-state index contributed by atoms with van der Waals surface area (Å²) in [4.78, 5) is 4.41. The van der Waals surface area contributed by atoms with Crippen LogP contribution in [-0.2, 0) is 0 Å². The highest BCUT2D eigenvalue weighted by atomic mass is 32.1. The molecule has 13 heavy (non-hydrogen) atoms. The molecule has 3 atom stereocenters. The van der Waals surface area contributed by atoms with E-state index >= 15 is 0 Å². The van der Waals surface area contributed by atoms with E-state index in [0.717, 1.165) is 22.9 Å². The van der Waals surface area contributed by atoms with Crippen LogP contribution in [0.5, 0.6) is 0 Å². The van der Waals surface area contributed by atoms with Gasteiger partial charge in [-0.15, -0.1) is 11.3 Å². The maximum absolute atomic E-state index is 5.65. The first kappa shape index (κ1) is 7.80. The minimum absolute atomic E-state index is 0.734. The number of nitrogen functional groups attached to an aromatic ring is 1. The van der Waals surface area contributed by atoms with Crippen LogP contribution in [-0.4, -0.2) is 4.98 Å². The molecule has 2 saturated carbocycles. The Morgan fingerprint density at radius 2 is 2.31 bits per heavy atom. The van der Waals surface area contributed by atoms with E-state index in [1.807, 2.05) is 0 Å². The van der Waals surface area contributed by atoms with Crippen LogP contribution in [0.15, 0.2) is 5.38 Å². The van der Waals surface area contributed by atoms with Crippen molar-refractivity contribution in [2.75, 3.05) is 5.73 Å². The number of thiazole rings is 1. The maximum Gasteiger partial charge on any atom is 0.180 e. The van der Waals surface area contributed by atoms with Gasteiger partial charge in [-0.1, -0.05) is 6.42 Å². The molecule has 0 amide bonds. The van der Waals surface area contributed by atoms with Gasteiger partial charge in [0.2, 0.25) is 0 Å². The standard InChI is InChI=1S/C10H14N2S/c11-10-12-9(5-13-10)8-4-6-1-2-7(8)3-6/h5-8H,1-4H2,(H2,11,12)/t6-,7+,8?/m1/s1. The highest BCUT2D eigenvalue weighted by Gasteiger charge is 2.40. The smallest absolute Gasteiger partial charge is 0.180 e. The van der Waals surface area contributed by atoms with Gasteiger partial charge in [-0.3, -0.25) is 0 Å². The molecule has 0 aromatic carbocycles. The lowest BCUT2D eigenvalue weighted by Crippen LogP contribution is -2.08. The van der Waals surface area contributed by atoms with Gasteiger partial charge in [0.25, 0.3) is 0 Å². The fraction of sp³-hybridized carbons (Fsp3) is 0.700. The summed E-state index contributed by atoms with van der Waals surface area (Å²) in [6.45, 7) is 0. The van der Waals surface area contributed by atoms with Crippen molar-refractivity contribution in [2.45, 2.75) is 31.6 Å². The molecule has 0 aliphatic heterocycles. The third kappa shape index (κ3) is 1.17. The zero-order chi connectivity index (χ0) is 8.84. The third-order valence-electron chi connectivity index (χ3n) is 3.66. The number of fused-ring (bicyclic) bond motifs is 2. The van der Waals surface area contributed by atoms with Crippen molar-refractivity contribution >= 4 is 16.5 Å². The number of hydrogen-bond acceptors (Lipinski definition) is 3. The van der Waals surface area contributed by atoms with Crippen LogP contribution in [0, 0.1) is 11.8 Å². The molecule has 1 heterocycles. The predicted octanol–water partition coefficient (Wildman–Crippen LogP) is 2.63. The lowest BCUT2D eigenvalue weighted by molar-refractivity contribution is 0.414. The Morgan fingerprint density at radius 1 is 1.38 bits per heavy atom. The van der Waals surface area contributed by atoms with Gasteiger partial charge in [0.15, 0.2) is 5.13 Å². The van der Waals surface area contributed by atoms with Gasteiger partial charge in [0, 0.05) is 11.3 Å². The first-order valence-electron chi connectivity index (χ1n) is 5.04. The number of rotatable bonds is 1. The average molecular weight is 194 g/mol. The second-order valence-corrected chi connectivity index (χ2v) is 5.28. The van der Waals surface area contributed by atoms with E-state index in [1.165, 1.54) is 31.4 Å². The van der Waals surface area contributed by atoms with Gasteiger partial charge < -0.3 is 5.73 Å². The van der Waals surface area contributed by atoms with E-state index in [0.29, 0.717) is 0 Å². The second-order valence-electron chi connectivity index (χ2n) is 4.39. The summed E-state index contributed by atoms with van der Waals surface area (Å²) in [6.07, 6.45) is 5.70. The van der Waals surface area contributed by atoms with Crippen molar-refractivity contribution in [1.29, 1.82) is 0 Å². The van der Waals surface area contributed by atoms with Crippen molar-refractivity contribution in [3.8, 4) is 0 Å². The summed E-state index contributed by atoms with van der Waals surface area (Å²) < 4.78 is 0. The number of hydrogen-bond donors (Lipinski definition) is 1. The Hall–Kier alpha value is -0.570. The maximum atomic E-state index is 5.65. The van der Waals surface area contributed by atoms with Gasteiger partial charge in [0.05, 0.1) is 5.69 Å². The Morgan fingerprint density at radius 3 is 2.85 bits per heavy atom. The van der Waals surface area contributed by atoms with Crippen LogP contribution in [0.2, 0.25) is 0 Å². The van der Waals surface area contributed by atoms with E-state index in [4.69, 9.17) is 5.73 Å². The molecule has 2 aliphatic rings. The predicted molar refractivity (Wildman–Crippen MR) is 54.7 cm³/mol. The van der Waals surface area contributed by atoms with E-state index in [-0.39, 0.29) is 0 Å². The third-order valence-corrected chi connectivity index (χ3v) is 4.35. The Kier molecular flexibility index (Phi) is 1.62. The van der Waals surface area contributed by atoms with Crippen molar-refractivity contribution in [3.63, 3.8) is 0 Å². The molecule has 1 aromatic heterocycles. The molecule has 1 unspecified atom stereocenters. The van der Waals surface area contributed by atoms with E-state index in [1.54, 1.807) is 11.3 Å². The Labute approximate surface area is 82.2 Å². The lowest BCUT2D eigenvalue weighted by atomic mass is 9.87. The van der Waals surface area contributed by atoms with E-state index in [2.05, 4.69) is 10.4 Å². The van der Waals surface area contributed by atoms with Crippen LogP contribution in [0.4, 0.5) is 5.13 Å². The normalized spacial score (nSPS) is 37.1. The van der Waals surface area contributed by atoms with Crippen LogP contribution >= 0.6 is 11.3 Å². The summed E-state index contributed by atoms with van der Waals surface area (Å²) in [5, 5.41) is 2.89. The SMILES string of the molecule is Nc1nc(C2C[C@@H]3CC[C@H]2C3)cs1. The van der Waals surface area contributed by atoms with Gasteiger partial charge in [-0.25, -0.2) is 4.98 Å². The molecule has 2 aliphatic carbocycles. The molecule has 2 fully saturated rings. The zero-order valence-corrected chi connectivity index (χ0v) is 8.39. The van der Waals surface area contributed by atoms with Crippen LogP contribution in [0.1, 0.15) is 37.3 Å². The van der Waals surface area contributed by atoms with E-state index < -0.39 is 0 Å². The van der Waals surface area contributed by atoms with Crippen LogP contribution < -0.4 is 5.73 Å². The molecule has 0 saturated heterocycles. The molecular weight excluding hydrogens is 180 g/mol. The molecule has 0 radical (unpaired) electrons. The van der Waals surface area contributed by atoms with Crippen LogP contribution in [0.25, 0.3) is 0 Å². The number of aromatic nitrogens is 1. The quantitative estimate of drug-likeness (QED) is 0.746. The fourth-order valence-corrected chi connectivity index (χ4v) is 3.71. The van der Waals surface area contributed by atoms with Crippen molar-refractivity contribution in [3.05, 3.63) is 11.1 Å². The first-order valence-corrected chi connectivity index (χ1v) is 5.92. The van der Waals surface area contributed by atoms with Gasteiger partial charge in [-0.2, -0.15) is 0 Å².